The van der Waals surface area contributed by atoms with E-state index in [9.17, 15) is 0 Å². The van der Waals surface area contributed by atoms with Gasteiger partial charge in [-0.25, -0.2) is 0 Å². The van der Waals surface area contributed by atoms with Crippen molar-refractivity contribution in [3.63, 3.8) is 0 Å². The predicted octanol–water partition coefficient (Wildman–Crippen LogP) is 3.80. The number of benzene rings is 1. The van der Waals surface area contributed by atoms with E-state index < -0.39 is 0 Å². The number of nitrogens with one attached hydrogen (secondary N) is 1. The van der Waals surface area contributed by atoms with Gasteiger partial charge in [-0.3, -0.25) is 0 Å². The molecule has 1 unspecified atom stereocenters. The first kappa shape index (κ1) is 14.7. The monoisotopic (exact) mass is 327 g/mol. The number of fused-ring (bicyclic) bond motifs is 1. The minimum Gasteiger partial charge on any atom is -0.496 e. The number of halogens is 1. The van der Waals surface area contributed by atoms with Crippen LogP contribution in [-0.2, 0) is 5.41 Å². The highest BCUT2D eigenvalue weighted by molar-refractivity contribution is 9.10. The maximum atomic E-state index is 5.61. The smallest absolute Gasteiger partial charge is 0.138 e. The normalized spacial score (nSPS) is 20.2. The molecule has 19 heavy (non-hydrogen) atoms. The average Bonchev–Trinajstić information content (AvgIpc) is 2.61. The van der Waals surface area contributed by atoms with Crippen LogP contribution >= 0.6 is 15.9 Å². The Kier molecular flexibility index (Phi) is 4.11. The van der Waals surface area contributed by atoms with Crippen molar-refractivity contribution in [1.29, 1.82) is 0 Å². The maximum Gasteiger partial charge on any atom is 0.138 e. The molecule has 1 N–H and O–H groups in total. The zero-order chi connectivity index (χ0) is 14.2. The van der Waals surface area contributed by atoms with Crippen molar-refractivity contribution in [2.75, 3.05) is 20.8 Å². The largest absolute Gasteiger partial charge is 0.496 e. The number of hydrogen-bond donors (Lipinski definition) is 1. The molecule has 0 fully saturated rings. The Labute approximate surface area is 123 Å². The number of methoxy groups -OCH3 is 2. The third-order valence-electron chi connectivity index (χ3n) is 3.85. The standard InChI is InChI=1S/C15H22BrNO2/c1-6-17-10-8-15(2,3)13-11(18-4)7-9(16)14(19-5)12(10)13/h7,10,17H,6,8H2,1-5H3. The van der Waals surface area contributed by atoms with Gasteiger partial charge in [-0.1, -0.05) is 20.8 Å². The fourth-order valence-corrected chi connectivity index (χ4v) is 3.75. The molecule has 0 aromatic heterocycles. The minimum absolute atomic E-state index is 0.0848. The van der Waals surface area contributed by atoms with Crippen molar-refractivity contribution in [2.24, 2.45) is 0 Å². The van der Waals surface area contributed by atoms with Crippen LogP contribution in [0.3, 0.4) is 0 Å². The van der Waals surface area contributed by atoms with Gasteiger partial charge in [0.1, 0.15) is 11.5 Å². The van der Waals surface area contributed by atoms with E-state index in [1.54, 1.807) is 14.2 Å². The molecule has 0 aliphatic heterocycles. The summed E-state index contributed by atoms with van der Waals surface area (Å²) in [6.45, 7) is 7.60. The van der Waals surface area contributed by atoms with Gasteiger partial charge in [-0.05, 0) is 40.4 Å². The lowest BCUT2D eigenvalue weighted by molar-refractivity contribution is 0.386. The molecule has 0 radical (unpaired) electrons. The summed E-state index contributed by atoms with van der Waals surface area (Å²) in [5.74, 6) is 1.86. The zero-order valence-corrected chi connectivity index (χ0v) is 13.8. The lowest BCUT2D eigenvalue weighted by Gasteiger charge is -2.22. The third-order valence-corrected chi connectivity index (χ3v) is 4.44. The molecule has 0 bridgehead atoms. The Balaban J connectivity index is 2.69. The van der Waals surface area contributed by atoms with Crippen molar-refractivity contribution < 1.29 is 9.47 Å². The lowest BCUT2D eigenvalue weighted by Crippen LogP contribution is -2.21. The molecular weight excluding hydrogens is 306 g/mol. The van der Waals surface area contributed by atoms with E-state index in [2.05, 4.69) is 42.0 Å². The van der Waals surface area contributed by atoms with E-state index in [1.807, 2.05) is 6.07 Å². The molecule has 0 saturated heterocycles. The second-order valence-corrected chi connectivity index (χ2v) is 6.44. The highest BCUT2D eigenvalue weighted by Crippen LogP contribution is 2.54. The summed E-state index contributed by atoms with van der Waals surface area (Å²) in [6.07, 6.45) is 1.05. The van der Waals surface area contributed by atoms with Crippen molar-refractivity contribution in [3.8, 4) is 11.5 Å². The van der Waals surface area contributed by atoms with E-state index in [-0.39, 0.29) is 5.41 Å². The maximum absolute atomic E-state index is 5.61. The first-order chi connectivity index (χ1) is 8.96. The first-order valence-electron chi connectivity index (χ1n) is 6.64. The second-order valence-electron chi connectivity index (χ2n) is 5.58. The number of rotatable bonds is 4. The van der Waals surface area contributed by atoms with Gasteiger partial charge in [0, 0.05) is 17.2 Å². The summed E-state index contributed by atoms with van der Waals surface area (Å²) in [5, 5.41) is 3.55. The van der Waals surface area contributed by atoms with Gasteiger partial charge in [0.15, 0.2) is 0 Å². The summed E-state index contributed by atoms with van der Waals surface area (Å²) in [4.78, 5) is 0. The number of hydrogen-bond acceptors (Lipinski definition) is 3. The Hall–Kier alpha value is -0.740. The molecule has 2 rings (SSSR count). The Bertz CT molecular complexity index is 486. The van der Waals surface area contributed by atoms with E-state index in [4.69, 9.17) is 9.47 Å². The van der Waals surface area contributed by atoms with E-state index in [0.717, 1.165) is 28.9 Å². The molecule has 0 spiro atoms. The Morgan fingerprint density at radius 3 is 2.58 bits per heavy atom. The van der Waals surface area contributed by atoms with E-state index >= 15 is 0 Å². The highest BCUT2D eigenvalue weighted by atomic mass is 79.9. The summed E-state index contributed by atoms with van der Waals surface area (Å²) >= 11 is 3.59. The SMILES string of the molecule is CCNC1CC(C)(C)c2c(OC)cc(Br)c(OC)c21. The van der Waals surface area contributed by atoms with Crippen LogP contribution < -0.4 is 14.8 Å². The van der Waals surface area contributed by atoms with Gasteiger partial charge in [-0.2, -0.15) is 0 Å². The van der Waals surface area contributed by atoms with E-state index in [0.29, 0.717) is 6.04 Å². The van der Waals surface area contributed by atoms with Gasteiger partial charge in [0.05, 0.1) is 18.7 Å². The summed E-state index contributed by atoms with van der Waals surface area (Å²) < 4.78 is 12.2. The van der Waals surface area contributed by atoms with Crippen LogP contribution in [0.25, 0.3) is 0 Å². The molecule has 0 amide bonds. The first-order valence-corrected chi connectivity index (χ1v) is 7.43. The highest BCUT2D eigenvalue weighted by Gasteiger charge is 2.42. The summed E-state index contributed by atoms with van der Waals surface area (Å²) in [6, 6.07) is 2.32. The molecule has 0 heterocycles. The molecule has 0 saturated carbocycles. The molecule has 1 aliphatic rings. The van der Waals surface area contributed by atoms with Crippen LogP contribution in [0.4, 0.5) is 0 Å². The van der Waals surface area contributed by atoms with Crippen LogP contribution in [-0.4, -0.2) is 20.8 Å². The van der Waals surface area contributed by atoms with Gasteiger partial charge < -0.3 is 14.8 Å². The predicted molar refractivity (Wildman–Crippen MR) is 81.3 cm³/mol. The number of ether oxygens (including phenoxy) is 2. The molecule has 1 atom stereocenters. The van der Waals surface area contributed by atoms with Gasteiger partial charge in [0.25, 0.3) is 0 Å². The summed E-state index contributed by atoms with van der Waals surface area (Å²) in [5.41, 5.74) is 2.59. The van der Waals surface area contributed by atoms with Crippen molar-refractivity contribution in [3.05, 3.63) is 21.7 Å². The van der Waals surface area contributed by atoms with Crippen LogP contribution in [0.15, 0.2) is 10.5 Å². The van der Waals surface area contributed by atoms with Gasteiger partial charge in [-0.15, -0.1) is 0 Å². The van der Waals surface area contributed by atoms with Crippen LogP contribution in [0.1, 0.15) is 44.4 Å². The van der Waals surface area contributed by atoms with Gasteiger partial charge >= 0.3 is 0 Å². The van der Waals surface area contributed by atoms with E-state index in [1.165, 1.54) is 11.1 Å². The molecule has 4 heteroatoms. The van der Waals surface area contributed by atoms with Crippen molar-refractivity contribution >= 4 is 15.9 Å². The van der Waals surface area contributed by atoms with Crippen LogP contribution in [0.2, 0.25) is 0 Å². The van der Waals surface area contributed by atoms with Gasteiger partial charge in [0.2, 0.25) is 0 Å². The molecule has 1 aromatic rings. The van der Waals surface area contributed by atoms with Crippen molar-refractivity contribution in [2.45, 2.75) is 38.6 Å². The van der Waals surface area contributed by atoms with Crippen LogP contribution in [0, 0.1) is 0 Å². The molecule has 1 aliphatic carbocycles. The molecule has 3 nitrogen and oxygen atoms in total. The summed E-state index contributed by atoms with van der Waals surface area (Å²) in [7, 11) is 3.45. The second kappa shape index (κ2) is 5.33. The third kappa shape index (κ3) is 2.36. The Morgan fingerprint density at radius 1 is 1.37 bits per heavy atom. The topological polar surface area (TPSA) is 30.5 Å². The zero-order valence-electron chi connectivity index (χ0n) is 12.3. The fraction of sp³-hybridized carbons (Fsp3) is 0.600. The molecule has 1 aromatic carbocycles. The fourth-order valence-electron chi connectivity index (χ4n) is 3.16. The lowest BCUT2D eigenvalue weighted by atomic mass is 9.85. The molecule has 106 valence electrons. The van der Waals surface area contributed by atoms with Crippen LogP contribution in [0.5, 0.6) is 11.5 Å². The molecular formula is C15H22BrNO2. The van der Waals surface area contributed by atoms with Crippen molar-refractivity contribution in [1.82, 2.24) is 5.32 Å². The Morgan fingerprint density at radius 2 is 2.05 bits per heavy atom. The average molecular weight is 328 g/mol. The quantitative estimate of drug-likeness (QED) is 0.912. The minimum atomic E-state index is 0.0848.